The van der Waals surface area contributed by atoms with E-state index in [9.17, 15) is 19.4 Å². The molecule has 1 aliphatic rings. The van der Waals surface area contributed by atoms with Crippen LogP contribution < -0.4 is 5.73 Å². The largest absolute Gasteiger partial charge is 0.398 e. The van der Waals surface area contributed by atoms with E-state index in [4.69, 9.17) is 5.73 Å². The summed E-state index contributed by atoms with van der Waals surface area (Å²) in [6.07, 6.45) is 0.728. The first kappa shape index (κ1) is 13.0. The lowest BCUT2D eigenvalue weighted by atomic mass is 9.70. The first-order valence-corrected chi connectivity index (χ1v) is 5.81. The molecule has 1 aromatic carbocycles. The molecule has 1 aliphatic carbocycles. The summed E-state index contributed by atoms with van der Waals surface area (Å²) < 4.78 is 13.6. The van der Waals surface area contributed by atoms with E-state index in [0.29, 0.717) is 24.0 Å². The summed E-state index contributed by atoms with van der Waals surface area (Å²) in [6, 6.07) is 1.12. The Bertz CT molecular complexity index is 509. The Balaban J connectivity index is 2.64. The summed E-state index contributed by atoms with van der Waals surface area (Å²) in [6.45, 7) is 0.737. The molecular weight excluding hydrogens is 237 g/mol. The summed E-state index contributed by atoms with van der Waals surface area (Å²) in [4.78, 5) is 12.4. The van der Waals surface area contributed by atoms with Gasteiger partial charge in [0.15, 0.2) is 5.78 Å². The van der Waals surface area contributed by atoms with Crippen molar-refractivity contribution >= 4 is 11.5 Å². The van der Waals surface area contributed by atoms with Gasteiger partial charge in [0, 0.05) is 11.3 Å². The molecule has 0 heterocycles. The number of Topliss-reactive ketones (excluding diaryl/α,β-unsaturated/α-hetero) is 1. The molecule has 1 aromatic rings. The fraction of sp³-hybridized carbons (Fsp3) is 0.462. The van der Waals surface area contributed by atoms with E-state index in [1.807, 2.05) is 0 Å². The van der Waals surface area contributed by atoms with Crippen LogP contribution in [0.4, 0.5) is 10.1 Å². The van der Waals surface area contributed by atoms with E-state index >= 15 is 0 Å². The third kappa shape index (κ3) is 1.62. The van der Waals surface area contributed by atoms with Crippen molar-refractivity contribution in [2.75, 3.05) is 18.9 Å². The minimum absolute atomic E-state index is 0.0732. The first-order valence-electron chi connectivity index (χ1n) is 5.81. The highest BCUT2D eigenvalue weighted by Gasteiger charge is 2.43. The Morgan fingerprint density at radius 2 is 2.06 bits per heavy atom. The molecule has 0 saturated carbocycles. The topological polar surface area (TPSA) is 83.6 Å². The lowest BCUT2D eigenvalue weighted by Gasteiger charge is -2.34. The van der Waals surface area contributed by atoms with E-state index in [1.54, 1.807) is 6.92 Å². The number of aliphatic hydroxyl groups is 2. The quantitative estimate of drug-likeness (QED) is 0.681. The van der Waals surface area contributed by atoms with Gasteiger partial charge < -0.3 is 15.9 Å². The monoisotopic (exact) mass is 253 g/mol. The number of nitrogens with two attached hydrogens (primary N) is 1. The van der Waals surface area contributed by atoms with Crippen molar-refractivity contribution in [3.8, 4) is 0 Å². The van der Waals surface area contributed by atoms with E-state index in [0.717, 1.165) is 6.07 Å². The SMILES string of the molecule is Cc1c(F)cc(N)c2c1CCC(CO)(CO)C2=O. The molecule has 0 bridgehead atoms. The van der Waals surface area contributed by atoms with Crippen LogP contribution in [0.25, 0.3) is 0 Å². The molecular formula is C13H16FNO3. The second-order valence-electron chi connectivity index (χ2n) is 4.85. The lowest BCUT2D eigenvalue weighted by Crippen LogP contribution is -2.43. The standard InChI is InChI=1S/C13H16FNO3/c1-7-8-2-3-13(5-16,6-17)12(18)11(8)10(15)4-9(7)14/h4,16-17H,2-3,5-6,15H2,1H3. The Kier molecular flexibility index (Phi) is 3.12. The van der Waals surface area contributed by atoms with Gasteiger partial charge in [-0.15, -0.1) is 0 Å². The molecule has 18 heavy (non-hydrogen) atoms. The number of carbonyl (C=O) groups excluding carboxylic acids is 1. The molecule has 0 amide bonds. The van der Waals surface area contributed by atoms with Gasteiger partial charge in [0.25, 0.3) is 0 Å². The van der Waals surface area contributed by atoms with E-state index in [1.165, 1.54) is 0 Å². The number of hydrogen-bond acceptors (Lipinski definition) is 4. The number of halogens is 1. The Labute approximate surface area is 104 Å². The number of carbonyl (C=O) groups is 1. The molecule has 5 heteroatoms. The molecule has 0 radical (unpaired) electrons. The minimum Gasteiger partial charge on any atom is -0.398 e. The van der Waals surface area contributed by atoms with Crippen LogP contribution in [0.15, 0.2) is 6.07 Å². The van der Waals surface area contributed by atoms with Crippen molar-refractivity contribution in [1.29, 1.82) is 0 Å². The molecule has 98 valence electrons. The highest BCUT2D eigenvalue weighted by Crippen LogP contribution is 2.39. The zero-order valence-corrected chi connectivity index (χ0v) is 10.2. The van der Waals surface area contributed by atoms with Crippen LogP contribution in [-0.2, 0) is 6.42 Å². The summed E-state index contributed by atoms with van der Waals surface area (Å²) in [5.74, 6) is -0.825. The van der Waals surface area contributed by atoms with Crippen molar-refractivity contribution in [2.24, 2.45) is 5.41 Å². The smallest absolute Gasteiger partial charge is 0.175 e. The van der Waals surface area contributed by atoms with Gasteiger partial charge in [-0.3, -0.25) is 4.79 Å². The lowest BCUT2D eigenvalue weighted by molar-refractivity contribution is 0.0346. The summed E-state index contributed by atoms with van der Waals surface area (Å²) in [5, 5.41) is 18.7. The second-order valence-corrected chi connectivity index (χ2v) is 4.85. The number of aliphatic hydroxyl groups excluding tert-OH is 2. The van der Waals surface area contributed by atoms with Crippen LogP contribution in [0.2, 0.25) is 0 Å². The third-order valence-corrected chi connectivity index (χ3v) is 3.85. The van der Waals surface area contributed by atoms with Crippen molar-refractivity contribution in [3.05, 3.63) is 28.6 Å². The van der Waals surface area contributed by atoms with Crippen LogP contribution in [0, 0.1) is 18.2 Å². The molecule has 0 atom stereocenters. The maximum absolute atomic E-state index is 13.6. The Morgan fingerprint density at radius 1 is 1.44 bits per heavy atom. The van der Waals surface area contributed by atoms with Crippen LogP contribution in [0.3, 0.4) is 0 Å². The van der Waals surface area contributed by atoms with Gasteiger partial charge in [0.05, 0.1) is 18.6 Å². The van der Waals surface area contributed by atoms with Gasteiger partial charge in [0.1, 0.15) is 5.82 Å². The fourth-order valence-electron chi connectivity index (χ4n) is 2.50. The van der Waals surface area contributed by atoms with Gasteiger partial charge in [0.2, 0.25) is 0 Å². The average Bonchev–Trinajstić information content (AvgIpc) is 2.36. The predicted molar refractivity (Wildman–Crippen MR) is 64.8 cm³/mol. The van der Waals surface area contributed by atoms with Crippen LogP contribution >= 0.6 is 0 Å². The third-order valence-electron chi connectivity index (χ3n) is 3.85. The second kappa shape index (κ2) is 4.33. The number of hydrogen-bond donors (Lipinski definition) is 3. The van der Waals surface area contributed by atoms with Gasteiger partial charge in [-0.25, -0.2) is 4.39 Å². The number of benzene rings is 1. The van der Waals surface area contributed by atoms with Gasteiger partial charge in [-0.05, 0) is 37.0 Å². The number of anilines is 1. The number of rotatable bonds is 2. The van der Waals surface area contributed by atoms with Crippen molar-refractivity contribution in [2.45, 2.75) is 19.8 Å². The number of nitrogen functional groups attached to an aromatic ring is 1. The van der Waals surface area contributed by atoms with Gasteiger partial charge in [-0.1, -0.05) is 0 Å². The molecule has 4 nitrogen and oxygen atoms in total. The van der Waals surface area contributed by atoms with Crippen molar-refractivity contribution in [1.82, 2.24) is 0 Å². The minimum atomic E-state index is -1.19. The van der Waals surface area contributed by atoms with E-state index in [2.05, 4.69) is 0 Å². The molecule has 0 fully saturated rings. The summed E-state index contributed by atoms with van der Waals surface area (Å²) in [5.41, 5.74) is 5.85. The molecule has 0 saturated heterocycles. The average molecular weight is 253 g/mol. The summed E-state index contributed by atoms with van der Waals surface area (Å²) in [7, 11) is 0. The van der Waals surface area contributed by atoms with Crippen molar-refractivity contribution in [3.63, 3.8) is 0 Å². The number of fused-ring (bicyclic) bond motifs is 1. The molecule has 0 aliphatic heterocycles. The normalized spacial score (nSPS) is 17.7. The molecule has 0 unspecified atom stereocenters. The van der Waals surface area contributed by atoms with Crippen molar-refractivity contribution < 1.29 is 19.4 Å². The molecule has 4 N–H and O–H groups in total. The number of ketones is 1. The predicted octanol–water partition coefficient (Wildman–Crippen LogP) is 0.816. The maximum atomic E-state index is 13.6. The maximum Gasteiger partial charge on any atom is 0.175 e. The molecule has 2 rings (SSSR count). The van der Waals surface area contributed by atoms with Gasteiger partial charge >= 0.3 is 0 Å². The Morgan fingerprint density at radius 3 is 2.61 bits per heavy atom. The van der Waals surface area contributed by atoms with Gasteiger partial charge in [-0.2, -0.15) is 0 Å². The summed E-state index contributed by atoms with van der Waals surface area (Å²) >= 11 is 0. The first-order chi connectivity index (χ1) is 8.46. The van der Waals surface area contributed by atoms with E-state index < -0.39 is 30.2 Å². The zero-order chi connectivity index (χ0) is 13.5. The molecule has 0 spiro atoms. The zero-order valence-electron chi connectivity index (χ0n) is 10.2. The van der Waals surface area contributed by atoms with Crippen LogP contribution in [-0.4, -0.2) is 29.2 Å². The highest BCUT2D eigenvalue weighted by molar-refractivity contribution is 6.07. The molecule has 0 aromatic heterocycles. The fourth-order valence-corrected chi connectivity index (χ4v) is 2.50. The highest BCUT2D eigenvalue weighted by atomic mass is 19.1. The van der Waals surface area contributed by atoms with E-state index in [-0.39, 0.29) is 11.3 Å². The van der Waals surface area contributed by atoms with Crippen LogP contribution in [0.5, 0.6) is 0 Å². The Hall–Kier alpha value is -1.46. The van der Waals surface area contributed by atoms with Crippen LogP contribution in [0.1, 0.15) is 27.9 Å².